The smallest absolute Gasteiger partial charge is 0.255 e. The summed E-state index contributed by atoms with van der Waals surface area (Å²) in [6, 6.07) is 2.05. The van der Waals surface area contributed by atoms with Crippen molar-refractivity contribution in [3.05, 3.63) is 22.8 Å². The fourth-order valence-electron chi connectivity index (χ4n) is 2.83. The fraction of sp³-hybridized carbons (Fsp3) is 0.625. The molecule has 21 heavy (non-hydrogen) atoms. The van der Waals surface area contributed by atoms with Crippen molar-refractivity contribution in [2.75, 3.05) is 18.4 Å². The molecule has 1 aromatic heterocycles. The van der Waals surface area contributed by atoms with Gasteiger partial charge in [-0.25, -0.2) is 4.98 Å². The second kappa shape index (κ2) is 7.12. The van der Waals surface area contributed by atoms with E-state index in [0.29, 0.717) is 28.4 Å². The highest BCUT2D eigenvalue weighted by Crippen LogP contribution is 2.27. The minimum absolute atomic E-state index is 0.0441. The molecule has 5 heteroatoms. The topological polar surface area (TPSA) is 45.2 Å². The Labute approximate surface area is 131 Å². The minimum atomic E-state index is 0.0441. The summed E-state index contributed by atoms with van der Waals surface area (Å²) in [5, 5.41) is 3.67. The maximum absolute atomic E-state index is 12.6. The monoisotopic (exact) mass is 309 g/mol. The molecule has 2 heterocycles. The summed E-state index contributed by atoms with van der Waals surface area (Å²) in [7, 11) is 0. The molecule has 1 fully saturated rings. The summed E-state index contributed by atoms with van der Waals surface area (Å²) < 4.78 is 0. The van der Waals surface area contributed by atoms with Crippen molar-refractivity contribution in [3.63, 3.8) is 0 Å². The Bertz CT molecular complexity index is 504. The molecule has 116 valence electrons. The molecule has 1 amide bonds. The minimum Gasteiger partial charge on any atom is -0.369 e. The summed E-state index contributed by atoms with van der Waals surface area (Å²) in [6.45, 7) is 8.06. The van der Waals surface area contributed by atoms with Crippen molar-refractivity contribution in [1.29, 1.82) is 0 Å². The Morgan fingerprint density at radius 2 is 2.33 bits per heavy atom. The Hall–Kier alpha value is -1.29. The van der Waals surface area contributed by atoms with Gasteiger partial charge in [0.1, 0.15) is 5.82 Å². The van der Waals surface area contributed by atoms with Gasteiger partial charge in [0.15, 0.2) is 0 Å². The Morgan fingerprint density at radius 3 is 2.95 bits per heavy atom. The fourth-order valence-corrected chi connectivity index (χ4v) is 3.07. The lowest BCUT2D eigenvalue weighted by molar-refractivity contribution is 0.0701. The molecule has 0 aromatic carbocycles. The molecule has 0 aliphatic carbocycles. The lowest BCUT2D eigenvalue weighted by Crippen LogP contribution is -2.38. The molecule has 0 spiro atoms. The first kappa shape index (κ1) is 16.1. The first-order valence-electron chi connectivity index (χ1n) is 7.75. The molecule has 2 rings (SSSR count). The molecular formula is C16H24ClN3O. The molecular weight excluding hydrogens is 286 g/mol. The van der Waals surface area contributed by atoms with Crippen LogP contribution in [0.4, 0.5) is 5.82 Å². The summed E-state index contributed by atoms with van der Waals surface area (Å²) in [5.41, 5.74) is 0.578. The highest BCUT2D eigenvalue weighted by atomic mass is 35.5. The molecule has 4 nitrogen and oxygen atoms in total. The van der Waals surface area contributed by atoms with Crippen LogP contribution in [0.15, 0.2) is 12.3 Å². The number of aromatic nitrogens is 1. The number of nitrogens with zero attached hydrogens (tertiary/aromatic N) is 2. The van der Waals surface area contributed by atoms with E-state index in [1.54, 1.807) is 12.3 Å². The Morgan fingerprint density at radius 1 is 1.57 bits per heavy atom. The van der Waals surface area contributed by atoms with Gasteiger partial charge in [-0.1, -0.05) is 32.4 Å². The van der Waals surface area contributed by atoms with Crippen LogP contribution in [0.2, 0.25) is 5.02 Å². The highest BCUT2D eigenvalue weighted by molar-refractivity contribution is 6.33. The summed E-state index contributed by atoms with van der Waals surface area (Å²) in [6.07, 6.45) is 4.79. The van der Waals surface area contributed by atoms with Crippen LogP contribution in [0.1, 0.15) is 50.4 Å². The van der Waals surface area contributed by atoms with Gasteiger partial charge in [0.2, 0.25) is 0 Å². The number of nitrogens with one attached hydrogen (secondary N) is 1. The van der Waals surface area contributed by atoms with Crippen LogP contribution >= 0.6 is 11.6 Å². The number of likely N-dealkylation sites (tertiary alicyclic amines) is 1. The van der Waals surface area contributed by atoms with Gasteiger partial charge in [-0.05, 0) is 31.2 Å². The van der Waals surface area contributed by atoms with Crippen LogP contribution in [0.25, 0.3) is 0 Å². The van der Waals surface area contributed by atoms with Crippen LogP contribution in [-0.4, -0.2) is 34.9 Å². The zero-order chi connectivity index (χ0) is 15.4. The van der Waals surface area contributed by atoms with E-state index in [0.717, 1.165) is 32.4 Å². The largest absolute Gasteiger partial charge is 0.369 e. The van der Waals surface area contributed by atoms with Crippen molar-refractivity contribution in [3.8, 4) is 0 Å². The van der Waals surface area contributed by atoms with Gasteiger partial charge >= 0.3 is 0 Å². The second-order valence-electron chi connectivity index (χ2n) is 5.93. The van der Waals surface area contributed by atoms with Crippen LogP contribution in [0.5, 0.6) is 0 Å². The molecule has 1 unspecified atom stereocenters. The molecule has 0 saturated carbocycles. The van der Waals surface area contributed by atoms with Crippen LogP contribution in [0.3, 0.4) is 0 Å². The SMILES string of the molecule is CCCNc1ncc(C(=O)N2CCCC2C(C)C)cc1Cl. The van der Waals surface area contributed by atoms with E-state index in [9.17, 15) is 4.79 Å². The number of amides is 1. The number of hydrogen-bond acceptors (Lipinski definition) is 3. The van der Waals surface area contributed by atoms with E-state index in [-0.39, 0.29) is 5.91 Å². The highest BCUT2D eigenvalue weighted by Gasteiger charge is 2.31. The van der Waals surface area contributed by atoms with Gasteiger partial charge in [-0.3, -0.25) is 4.79 Å². The number of carbonyl (C=O) groups is 1. The standard InChI is InChI=1S/C16H24ClN3O/c1-4-7-18-15-13(17)9-12(10-19-15)16(21)20-8-5-6-14(20)11(2)3/h9-11,14H,4-8H2,1-3H3,(H,18,19). The average molecular weight is 310 g/mol. The number of rotatable bonds is 5. The second-order valence-corrected chi connectivity index (χ2v) is 6.34. The van der Waals surface area contributed by atoms with E-state index < -0.39 is 0 Å². The van der Waals surface area contributed by atoms with E-state index >= 15 is 0 Å². The van der Waals surface area contributed by atoms with E-state index in [2.05, 4.69) is 31.1 Å². The predicted molar refractivity (Wildman–Crippen MR) is 86.9 cm³/mol. The molecule has 0 bridgehead atoms. The van der Waals surface area contributed by atoms with Gasteiger partial charge in [0, 0.05) is 25.3 Å². The number of carbonyl (C=O) groups excluding carboxylic acids is 1. The van der Waals surface area contributed by atoms with Gasteiger partial charge in [-0.15, -0.1) is 0 Å². The quantitative estimate of drug-likeness (QED) is 0.899. The molecule has 1 aliphatic heterocycles. The lowest BCUT2D eigenvalue weighted by atomic mass is 10.0. The van der Waals surface area contributed by atoms with Crippen molar-refractivity contribution in [2.45, 2.75) is 46.1 Å². The maximum atomic E-state index is 12.6. The summed E-state index contributed by atoms with van der Waals surface area (Å²) in [5.74, 6) is 1.17. The van der Waals surface area contributed by atoms with Gasteiger partial charge in [0.25, 0.3) is 5.91 Å². The Balaban J connectivity index is 2.14. The molecule has 1 atom stereocenters. The van der Waals surface area contributed by atoms with Gasteiger partial charge in [0.05, 0.1) is 10.6 Å². The third-order valence-electron chi connectivity index (χ3n) is 3.96. The first-order chi connectivity index (χ1) is 10.0. The first-order valence-corrected chi connectivity index (χ1v) is 8.12. The number of hydrogen-bond donors (Lipinski definition) is 1. The van der Waals surface area contributed by atoms with Crippen molar-refractivity contribution < 1.29 is 4.79 Å². The predicted octanol–water partition coefficient (Wildman–Crippen LogP) is 3.82. The van der Waals surface area contributed by atoms with Gasteiger partial charge in [-0.2, -0.15) is 0 Å². The van der Waals surface area contributed by atoms with Crippen LogP contribution in [-0.2, 0) is 0 Å². The van der Waals surface area contributed by atoms with E-state index in [1.165, 1.54) is 0 Å². The average Bonchev–Trinajstić information content (AvgIpc) is 2.94. The van der Waals surface area contributed by atoms with Crippen molar-refractivity contribution in [2.24, 2.45) is 5.92 Å². The van der Waals surface area contributed by atoms with Crippen molar-refractivity contribution >= 4 is 23.3 Å². The number of anilines is 1. The van der Waals surface area contributed by atoms with Crippen LogP contribution < -0.4 is 5.32 Å². The summed E-state index contributed by atoms with van der Waals surface area (Å²) in [4.78, 5) is 18.9. The van der Waals surface area contributed by atoms with Gasteiger partial charge < -0.3 is 10.2 Å². The third-order valence-corrected chi connectivity index (χ3v) is 4.25. The molecule has 1 aliphatic rings. The number of pyridine rings is 1. The molecule has 1 N–H and O–H groups in total. The molecule has 1 saturated heterocycles. The van der Waals surface area contributed by atoms with E-state index in [1.807, 2.05) is 4.90 Å². The number of halogens is 1. The zero-order valence-corrected chi connectivity index (χ0v) is 13.8. The maximum Gasteiger partial charge on any atom is 0.255 e. The summed E-state index contributed by atoms with van der Waals surface area (Å²) >= 11 is 6.22. The van der Waals surface area contributed by atoms with E-state index in [4.69, 9.17) is 11.6 Å². The normalized spacial score (nSPS) is 18.3. The Kier molecular flexibility index (Phi) is 5.45. The van der Waals surface area contributed by atoms with Crippen molar-refractivity contribution in [1.82, 2.24) is 9.88 Å². The third kappa shape index (κ3) is 3.67. The zero-order valence-electron chi connectivity index (χ0n) is 13.0. The lowest BCUT2D eigenvalue weighted by Gasteiger charge is -2.27. The van der Waals surface area contributed by atoms with Crippen LogP contribution in [0, 0.1) is 5.92 Å². The molecule has 0 radical (unpaired) electrons. The molecule has 1 aromatic rings.